The van der Waals surface area contributed by atoms with Gasteiger partial charge in [0.05, 0.1) is 30.5 Å². The zero-order chi connectivity index (χ0) is 25.4. The molecular weight excluding hydrogens is 813 g/mol. The summed E-state index contributed by atoms with van der Waals surface area (Å²) < 4.78 is 37.1. The Morgan fingerprint density at radius 2 is 0.865 bits per heavy atom. The van der Waals surface area contributed by atoms with Crippen molar-refractivity contribution >= 4 is 67.8 Å². The maximum Gasteiger partial charge on any atom is 0.132 e. The van der Waals surface area contributed by atoms with Crippen LogP contribution >= 0.6 is 67.8 Å². The quantitative estimate of drug-likeness (QED) is 0.127. The Morgan fingerprint density at radius 1 is 0.568 bits per heavy atom. The second-order valence-electron chi connectivity index (χ2n) is 9.30. The van der Waals surface area contributed by atoms with Crippen LogP contribution in [0.3, 0.4) is 0 Å². The Hall–Kier alpha value is -0.870. The van der Waals surface area contributed by atoms with E-state index in [2.05, 4.69) is 122 Å². The number of rotatable bonds is 12. The van der Waals surface area contributed by atoms with Crippen LogP contribution in [-0.2, 0) is 14.2 Å². The van der Waals surface area contributed by atoms with Gasteiger partial charge in [0.2, 0.25) is 0 Å². The van der Waals surface area contributed by atoms with Crippen molar-refractivity contribution in [3.05, 3.63) is 82.0 Å². The third kappa shape index (κ3) is 7.02. The molecule has 3 unspecified atom stereocenters. The van der Waals surface area contributed by atoms with Crippen LogP contribution in [0.4, 0.5) is 0 Å². The lowest BCUT2D eigenvalue weighted by atomic mass is 9.85. The second kappa shape index (κ2) is 11.7. The van der Waals surface area contributed by atoms with Crippen LogP contribution in [0.1, 0.15) is 22.6 Å². The van der Waals surface area contributed by atoms with Gasteiger partial charge in [0.25, 0.3) is 0 Å². The molecule has 0 aromatic heterocycles. The molecule has 9 heteroatoms. The van der Waals surface area contributed by atoms with E-state index in [0.29, 0.717) is 19.8 Å². The highest BCUT2D eigenvalue weighted by atomic mass is 127. The predicted octanol–water partition coefficient (Wildman–Crippen LogP) is 6.01. The fraction of sp³-hybridized carbons (Fsp3) is 0.357. The maximum atomic E-state index is 5.99. The number of epoxide rings is 3. The number of hydrogen-bond donors (Lipinski definition) is 0. The zero-order valence-electron chi connectivity index (χ0n) is 19.8. The summed E-state index contributed by atoms with van der Waals surface area (Å²) in [5.74, 6) is 2.71. The summed E-state index contributed by atoms with van der Waals surface area (Å²) in [6.45, 7) is 4.14. The lowest BCUT2D eigenvalue weighted by Crippen LogP contribution is -2.09. The van der Waals surface area contributed by atoms with E-state index < -0.39 is 0 Å². The average molecular weight is 838 g/mol. The van der Waals surface area contributed by atoms with Crippen molar-refractivity contribution in [1.82, 2.24) is 0 Å². The highest BCUT2D eigenvalue weighted by molar-refractivity contribution is 14.1. The van der Waals surface area contributed by atoms with E-state index in [0.717, 1.165) is 47.8 Å². The molecule has 0 N–H and O–H groups in total. The molecule has 0 amide bonds. The van der Waals surface area contributed by atoms with Crippen molar-refractivity contribution in [2.75, 3.05) is 39.6 Å². The molecule has 0 bridgehead atoms. The lowest BCUT2D eigenvalue weighted by molar-refractivity contribution is 0.261. The molecule has 0 radical (unpaired) electrons. The molecule has 6 rings (SSSR count). The van der Waals surface area contributed by atoms with Crippen molar-refractivity contribution in [3.63, 3.8) is 0 Å². The molecule has 6 nitrogen and oxygen atoms in total. The summed E-state index contributed by atoms with van der Waals surface area (Å²) in [6, 6.07) is 19.4. The summed E-state index contributed by atoms with van der Waals surface area (Å²) in [4.78, 5) is 0. The average Bonchev–Trinajstić information content (AvgIpc) is 3.74. The van der Waals surface area contributed by atoms with Gasteiger partial charge in [-0.05, 0) is 121 Å². The minimum atomic E-state index is 0.0398. The molecule has 3 saturated heterocycles. The van der Waals surface area contributed by atoms with Crippen molar-refractivity contribution in [2.45, 2.75) is 24.2 Å². The fourth-order valence-corrected chi connectivity index (χ4v) is 6.14. The molecule has 3 aliphatic heterocycles. The van der Waals surface area contributed by atoms with Gasteiger partial charge in [0.1, 0.15) is 55.4 Å². The molecule has 3 aliphatic rings. The van der Waals surface area contributed by atoms with Gasteiger partial charge in [-0.3, -0.25) is 0 Å². The first-order valence-electron chi connectivity index (χ1n) is 12.1. The molecule has 3 aromatic rings. The molecule has 3 heterocycles. The Kier molecular flexibility index (Phi) is 8.34. The molecule has 194 valence electrons. The van der Waals surface area contributed by atoms with Crippen LogP contribution < -0.4 is 14.2 Å². The van der Waals surface area contributed by atoms with Crippen molar-refractivity contribution in [3.8, 4) is 17.2 Å². The minimum Gasteiger partial charge on any atom is -0.490 e. The molecule has 0 aliphatic carbocycles. The molecule has 3 aromatic carbocycles. The van der Waals surface area contributed by atoms with Gasteiger partial charge in [-0.2, -0.15) is 0 Å². The van der Waals surface area contributed by atoms with Crippen molar-refractivity contribution < 1.29 is 28.4 Å². The highest BCUT2D eigenvalue weighted by Crippen LogP contribution is 2.39. The zero-order valence-corrected chi connectivity index (χ0v) is 26.3. The van der Waals surface area contributed by atoms with Crippen LogP contribution in [0.5, 0.6) is 17.2 Å². The Labute approximate surface area is 257 Å². The molecule has 3 fully saturated rings. The molecule has 3 atom stereocenters. The van der Waals surface area contributed by atoms with Crippen LogP contribution in [0.25, 0.3) is 0 Å². The topological polar surface area (TPSA) is 65.3 Å². The van der Waals surface area contributed by atoms with Gasteiger partial charge in [0, 0.05) is 5.92 Å². The smallest absolute Gasteiger partial charge is 0.132 e. The SMILES string of the molecule is Ic1cc(C(c2ccc(OCC3CO3)c(I)c2)c2ccc(OCC3CO3)c(I)c2)ccc1OCC1CO1. The van der Waals surface area contributed by atoms with Gasteiger partial charge in [0.15, 0.2) is 0 Å². The summed E-state index contributed by atoms with van der Waals surface area (Å²) >= 11 is 7.09. The van der Waals surface area contributed by atoms with E-state index >= 15 is 0 Å². The van der Waals surface area contributed by atoms with E-state index in [-0.39, 0.29) is 24.2 Å². The van der Waals surface area contributed by atoms with E-state index in [4.69, 9.17) is 28.4 Å². The standard InChI is InChI=1S/C28H25I3O6/c29-22-7-16(1-4-25(22)35-13-19-10-32-19)28(17-2-5-26(23(30)8-17)36-14-20-11-33-20)18-3-6-27(24(31)9-18)37-15-21-12-34-21/h1-9,19-21,28H,10-15H2. The van der Waals surface area contributed by atoms with E-state index in [1.165, 1.54) is 16.7 Å². The van der Waals surface area contributed by atoms with Crippen molar-refractivity contribution in [2.24, 2.45) is 0 Å². The van der Waals surface area contributed by atoms with Crippen molar-refractivity contribution in [1.29, 1.82) is 0 Å². The minimum absolute atomic E-state index is 0.0398. The van der Waals surface area contributed by atoms with E-state index in [1.807, 2.05) is 0 Å². The number of halogens is 3. The third-order valence-electron chi connectivity index (χ3n) is 6.35. The lowest BCUT2D eigenvalue weighted by Gasteiger charge is -2.22. The van der Waals surface area contributed by atoms with Gasteiger partial charge < -0.3 is 28.4 Å². The highest BCUT2D eigenvalue weighted by Gasteiger charge is 2.26. The third-order valence-corrected chi connectivity index (χ3v) is 8.88. The monoisotopic (exact) mass is 838 g/mol. The Morgan fingerprint density at radius 3 is 1.11 bits per heavy atom. The summed E-state index contributed by atoms with van der Waals surface area (Å²) in [5.41, 5.74) is 3.60. The van der Waals surface area contributed by atoms with Crippen LogP contribution in [0, 0.1) is 10.7 Å². The predicted molar refractivity (Wildman–Crippen MR) is 164 cm³/mol. The summed E-state index contributed by atoms with van der Waals surface area (Å²) in [6.07, 6.45) is 0.686. The number of benzene rings is 3. The first-order chi connectivity index (χ1) is 18.0. The fourth-order valence-electron chi connectivity index (χ4n) is 4.06. The van der Waals surface area contributed by atoms with Gasteiger partial charge in [-0.15, -0.1) is 0 Å². The summed E-state index contributed by atoms with van der Waals surface area (Å²) in [7, 11) is 0. The molecular formula is C28H25I3O6. The first kappa shape index (κ1) is 26.4. The van der Waals surface area contributed by atoms with Crippen LogP contribution in [-0.4, -0.2) is 58.0 Å². The number of ether oxygens (including phenoxy) is 6. The van der Waals surface area contributed by atoms with Crippen LogP contribution in [0.2, 0.25) is 0 Å². The largest absolute Gasteiger partial charge is 0.490 e. The Balaban J connectivity index is 1.30. The second-order valence-corrected chi connectivity index (χ2v) is 12.8. The molecule has 0 spiro atoms. The molecule has 37 heavy (non-hydrogen) atoms. The van der Waals surface area contributed by atoms with E-state index in [1.54, 1.807) is 0 Å². The number of hydrogen-bond acceptors (Lipinski definition) is 6. The van der Waals surface area contributed by atoms with Crippen LogP contribution in [0.15, 0.2) is 54.6 Å². The summed E-state index contributed by atoms with van der Waals surface area (Å²) in [5, 5.41) is 0. The van der Waals surface area contributed by atoms with Gasteiger partial charge in [-0.25, -0.2) is 0 Å². The van der Waals surface area contributed by atoms with Gasteiger partial charge >= 0.3 is 0 Å². The normalized spacial score (nSPS) is 22.3. The Bertz CT molecular complexity index is 1120. The van der Waals surface area contributed by atoms with Gasteiger partial charge in [-0.1, -0.05) is 18.2 Å². The molecule has 0 saturated carbocycles. The van der Waals surface area contributed by atoms with E-state index in [9.17, 15) is 0 Å². The first-order valence-corrected chi connectivity index (χ1v) is 15.4. The maximum absolute atomic E-state index is 5.99.